The number of aryl methyl sites for hydroxylation is 1. The van der Waals surface area contributed by atoms with E-state index in [1.54, 1.807) is 12.1 Å². The van der Waals surface area contributed by atoms with Gasteiger partial charge < -0.3 is 13.8 Å². The Bertz CT molecular complexity index is 1310. The van der Waals surface area contributed by atoms with Gasteiger partial charge in [-0.3, -0.25) is 4.79 Å². The first-order valence-corrected chi connectivity index (χ1v) is 11.3. The largest absolute Gasteiger partial charge is 0.416 e. The normalized spacial score (nSPS) is 18.1. The zero-order chi connectivity index (χ0) is 22.4. The highest BCUT2D eigenvalue weighted by Gasteiger charge is 2.34. The highest BCUT2D eigenvalue weighted by molar-refractivity contribution is 5.94. The van der Waals surface area contributed by atoms with Crippen LogP contribution < -0.4 is 0 Å². The van der Waals surface area contributed by atoms with Crippen molar-refractivity contribution >= 4 is 5.91 Å². The average Bonchev–Trinajstić information content (AvgIpc) is 3.25. The molecule has 1 amide bonds. The van der Waals surface area contributed by atoms with Gasteiger partial charge in [0, 0.05) is 35.7 Å². The second-order valence-corrected chi connectivity index (χ2v) is 8.86. The molecule has 8 heteroatoms. The van der Waals surface area contributed by atoms with E-state index in [2.05, 4.69) is 20.3 Å². The van der Waals surface area contributed by atoms with Crippen LogP contribution in [-0.4, -0.2) is 44.2 Å². The van der Waals surface area contributed by atoms with Gasteiger partial charge in [-0.2, -0.15) is 4.98 Å². The first kappa shape index (κ1) is 19.8. The summed E-state index contributed by atoms with van der Waals surface area (Å²) < 4.78 is 11.3. The molecule has 8 nitrogen and oxygen atoms in total. The monoisotopic (exact) mass is 441 g/mol. The fourth-order valence-corrected chi connectivity index (χ4v) is 4.24. The summed E-state index contributed by atoms with van der Waals surface area (Å²) in [4.78, 5) is 19.4. The van der Waals surface area contributed by atoms with Gasteiger partial charge in [0.25, 0.3) is 5.91 Å². The fraction of sp³-hybridized carbons (Fsp3) is 0.320. The lowest BCUT2D eigenvalue weighted by Gasteiger charge is -2.15. The number of aromatic nitrogens is 4. The van der Waals surface area contributed by atoms with E-state index in [1.807, 2.05) is 48.2 Å². The van der Waals surface area contributed by atoms with Crippen molar-refractivity contribution in [1.82, 2.24) is 25.2 Å². The quantitative estimate of drug-likeness (QED) is 0.446. The van der Waals surface area contributed by atoms with Gasteiger partial charge in [-0.05, 0) is 62.6 Å². The number of likely N-dealkylation sites (tertiary alicyclic amines) is 1. The lowest BCUT2D eigenvalue weighted by molar-refractivity contribution is 0.0789. The average molecular weight is 441 g/mol. The van der Waals surface area contributed by atoms with Gasteiger partial charge in [0.1, 0.15) is 0 Å². The number of carbonyl (C=O) groups is 1. The topological polar surface area (TPSA) is 98.2 Å². The first-order valence-electron chi connectivity index (χ1n) is 11.3. The minimum Gasteiger partial charge on any atom is -0.416 e. The maximum Gasteiger partial charge on any atom is 0.253 e. The standard InChI is InChI=1S/C25H23N5O3/c1-15-3-2-4-19(13-15)24-28-27-23(32-24)17-7-9-18(10-8-17)25(31)30-12-11-20(14-30)22-26-21(29-33-22)16-5-6-16/h2-4,7-10,13,16,20H,5-6,11-12,14H2,1H3/t20-/m0/s1. The Kier molecular flexibility index (Phi) is 4.78. The lowest BCUT2D eigenvalue weighted by Crippen LogP contribution is -2.28. The Morgan fingerprint density at radius 3 is 2.52 bits per heavy atom. The van der Waals surface area contributed by atoms with Crippen LogP contribution in [0.5, 0.6) is 0 Å². The summed E-state index contributed by atoms with van der Waals surface area (Å²) >= 11 is 0. The van der Waals surface area contributed by atoms with Crippen LogP contribution >= 0.6 is 0 Å². The predicted molar refractivity (Wildman–Crippen MR) is 119 cm³/mol. The Labute approximate surface area is 190 Å². The number of nitrogens with zero attached hydrogens (tertiary/aromatic N) is 5. The minimum absolute atomic E-state index is 0.00281. The van der Waals surface area contributed by atoms with Crippen LogP contribution in [-0.2, 0) is 0 Å². The molecule has 1 aliphatic heterocycles. The van der Waals surface area contributed by atoms with Gasteiger partial charge in [0.2, 0.25) is 17.7 Å². The number of carbonyl (C=O) groups excluding carboxylic acids is 1. The second-order valence-electron chi connectivity index (χ2n) is 8.86. The summed E-state index contributed by atoms with van der Waals surface area (Å²) in [5, 5.41) is 12.4. The molecule has 4 aromatic rings. The minimum atomic E-state index is -0.00281. The Morgan fingerprint density at radius 2 is 1.76 bits per heavy atom. The maximum atomic E-state index is 13.0. The van der Waals surface area contributed by atoms with Crippen LogP contribution in [0, 0.1) is 6.92 Å². The molecule has 2 aliphatic rings. The van der Waals surface area contributed by atoms with Crippen LogP contribution in [0.3, 0.4) is 0 Å². The van der Waals surface area contributed by atoms with Gasteiger partial charge in [-0.25, -0.2) is 0 Å². The molecule has 2 aromatic heterocycles. The molecule has 0 bridgehead atoms. The number of benzene rings is 2. The third-order valence-corrected chi connectivity index (χ3v) is 6.29. The van der Waals surface area contributed by atoms with Gasteiger partial charge in [0.15, 0.2) is 5.82 Å². The molecular weight excluding hydrogens is 418 g/mol. The Hall–Kier alpha value is -3.81. The van der Waals surface area contributed by atoms with Gasteiger partial charge in [0.05, 0.1) is 5.92 Å². The smallest absolute Gasteiger partial charge is 0.253 e. The molecular formula is C25H23N5O3. The molecule has 0 radical (unpaired) electrons. The van der Waals surface area contributed by atoms with E-state index in [9.17, 15) is 4.79 Å². The summed E-state index contributed by atoms with van der Waals surface area (Å²) in [6.07, 6.45) is 3.11. The van der Waals surface area contributed by atoms with E-state index in [-0.39, 0.29) is 11.8 Å². The number of hydrogen-bond donors (Lipinski definition) is 0. The van der Waals surface area contributed by atoms with E-state index >= 15 is 0 Å². The molecule has 166 valence electrons. The second kappa shape index (κ2) is 7.95. The highest BCUT2D eigenvalue weighted by atomic mass is 16.5. The molecule has 33 heavy (non-hydrogen) atoms. The summed E-state index contributed by atoms with van der Waals surface area (Å²) in [5.74, 6) is 2.94. The van der Waals surface area contributed by atoms with Crippen molar-refractivity contribution < 1.29 is 13.7 Å². The van der Waals surface area contributed by atoms with Crippen molar-refractivity contribution in [2.24, 2.45) is 0 Å². The molecule has 6 rings (SSSR count). The van der Waals surface area contributed by atoms with E-state index in [0.29, 0.717) is 42.2 Å². The van der Waals surface area contributed by atoms with Gasteiger partial charge in [-0.15, -0.1) is 10.2 Å². The SMILES string of the molecule is Cc1cccc(-c2nnc(-c3ccc(C(=O)N4CC[C@H](c5nc(C6CC6)no5)C4)cc3)o2)c1. The highest BCUT2D eigenvalue weighted by Crippen LogP contribution is 2.39. The fourth-order valence-electron chi connectivity index (χ4n) is 4.24. The first-order chi connectivity index (χ1) is 16.1. The molecule has 3 heterocycles. The van der Waals surface area contributed by atoms with Crippen LogP contribution in [0.15, 0.2) is 57.5 Å². The third-order valence-electron chi connectivity index (χ3n) is 6.29. The van der Waals surface area contributed by atoms with Crippen molar-refractivity contribution in [2.45, 2.75) is 38.0 Å². The van der Waals surface area contributed by atoms with Gasteiger partial charge in [-0.1, -0.05) is 22.9 Å². The van der Waals surface area contributed by atoms with Crippen molar-refractivity contribution in [3.05, 3.63) is 71.4 Å². The predicted octanol–water partition coefficient (Wildman–Crippen LogP) is 4.60. The molecule has 1 aliphatic carbocycles. The van der Waals surface area contributed by atoms with E-state index < -0.39 is 0 Å². The molecule has 2 aromatic carbocycles. The molecule has 0 unspecified atom stereocenters. The van der Waals surface area contributed by atoms with Crippen LogP contribution in [0.2, 0.25) is 0 Å². The van der Waals surface area contributed by atoms with Crippen molar-refractivity contribution in [2.75, 3.05) is 13.1 Å². The van der Waals surface area contributed by atoms with E-state index in [1.165, 1.54) is 0 Å². The van der Waals surface area contributed by atoms with Gasteiger partial charge >= 0.3 is 0 Å². The van der Waals surface area contributed by atoms with Crippen LogP contribution in [0.25, 0.3) is 22.9 Å². The van der Waals surface area contributed by atoms with Crippen LogP contribution in [0.4, 0.5) is 0 Å². The Morgan fingerprint density at radius 1 is 0.970 bits per heavy atom. The summed E-state index contributed by atoms with van der Waals surface area (Å²) in [7, 11) is 0. The molecule has 1 atom stereocenters. The van der Waals surface area contributed by atoms with Crippen LogP contribution in [0.1, 0.15) is 58.7 Å². The third kappa shape index (κ3) is 3.92. The van der Waals surface area contributed by atoms with Crippen molar-refractivity contribution in [3.63, 3.8) is 0 Å². The number of amides is 1. The van der Waals surface area contributed by atoms with E-state index in [0.717, 1.165) is 41.8 Å². The summed E-state index contributed by atoms with van der Waals surface area (Å²) in [5.41, 5.74) is 3.41. The summed E-state index contributed by atoms with van der Waals surface area (Å²) in [6.45, 7) is 3.29. The molecule has 1 saturated carbocycles. The zero-order valence-electron chi connectivity index (χ0n) is 18.3. The van der Waals surface area contributed by atoms with Crippen molar-refractivity contribution in [1.29, 1.82) is 0 Å². The van der Waals surface area contributed by atoms with E-state index in [4.69, 9.17) is 8.94 Å². The number of rotatable bonds is 5. The summed E-state index contributed by atoms with van der Waals surface area (Å²) in [6, 6.07) is 15.2. The molecule has 0 spiro atoms. The lowest BCUT2D eigenvalue weighted by atomic mass is 10.1. The molecule has 2 fully saturated rings. The molecule has 1 saturated heterocycles. The molecule has 0 N–H and O–H groups in total. The maximum absolute atomic E-state index is 13.0. The number of hydrogen-bond acceptors (Lipinski definition) is 7. The zero-order valence-corrected chi connectivity index (χ0v) is 18.3. The van der Waals surface area contributed by atoms with Crippen molar-refractivity contribution in [3.8, 4) is 22.9 Å². The Balaban J connectivity index is 1.13.